The number of anilines is 2. The number of hydrogen-bond acceptors (Lipinski definition) is 3. The fraction of sp³-hybridized carbons (Fsp3) is 0.538. The second kappa shape index (κ2) is 4.18. The third-order valence-corrected chi connectivity index (χ3v) is 3.79. The van der Waals surface area contributed by atoms with E-state index >= 15 is 0 Å². The molecule has 2 rings (SSSR count). The van der Waals surface area contributed by atoms with E-state index in [1.165, 1.54) is 6.07 Å². The Morgan fingerprint density at radius 1 is 1.47 bits per heavy atom. The molecule has 1 fully saturated rings. The summed E-state index contributed by atoms with van der Waals surface area (Å²) >= 11 is 0. The Labute approximate surface area is 101 Å². The minimum absolute atomic E-state index is 0.0164. The number of nitrogen functional groups attached to an aromatic ring is 1. The molecule has 4 heteroatoms. The van der Waals surface area contributed by atoms with Crippen LogP contribution in [0.4, 0.5) is 15.8 Å². The topological polar surface area (TPSA) is 47.3 Å². The molecule has 0 saturated heterocycles. The molecule has 94 valence electrons. The zero-order valence-corrected chi connectivity index (χ0v) is 10.5. The lowest BCUT2D eigenvalue weighted by atomic mass is 9.64. The Bertz CT molecular complexity index is 420. The van der Waals surface area contributed by atoms with Gasteiger partial charge in [-0.2, -0.15) is 0 Å². The average molecular weight is 238 g/mol. The summed E-state index contributed by atoms with van der Waals surface area (Å²) in [4.78, 5) is 0. The predicted octanol–water partition coefficient (Wildman–Crippen LogP) is 2.63. The van der Waals surface area contributed by atoms with Gasteiger partial charge in [0.1, 0.15) is 5.82 Å². The van der Waals surface area contributed by atoms with Gasteiger partial charge in [0.05, 0.1) is 11.8 Å². The van der Waals surface area contributed by atoms with Crippen LogP contribution in [0.1, 0.15) is 20.3 Å². The number of rotatable bonds is 3. The van der Waals surface area contributed by atoms with E-state index in [4.69, 9.17) is 10.5 Å². The molecule has 0 aliphatic heterocycles. The number of benzene rings is 1. The predicted molar refractivity (Wildman–Crippen MR) is 67.4 cm³/mol. The van der Waals surface area contributed by atoms with Crippen molar-refractivity contribution in [1.82, 2.24) is 0 Å². The minimum Gasteiger partial charge on any atom is -0.399 e. The number of halogens is 1. The molecule has 0 radical (unpaired) electrons. The van der Waals surface area contributed by atoms with Crippen LogP contribution in [0.5, 0.6) is 0 Å². The molecule has 1 aliphatic carbocycles. The van der Waals surface area contributed by atoms with Crippen LogP contribution in [0.3, 0.4) is 0 Å². The first-order valence-electron chi connectivity index (χ1n) is 5.79. The molecule has 3 N–H and O–H groups in total. The fourth-order valence-corrected chi connectivity index (χ4v) is 2.37. The van der Waals surface area contributed by atoms with E-state index in [0.717, 1.165) is 6.42 Å². The Kier molecular flexibility index (Phi) is 3.00. The van der Waals surface area contributed by atoms with Gasteiger partial charge >= 0.3 is 0 Å². The first kappa shape index (κ1) is 12.2. The summed E-state index contributed by atoms with van der Waals surface area (Å²) < 4.78 is 19.0. The third kappa shape index (κ3) is 2.09. The third-order valence-electron chi connectivity index (χ3n) is 3.79. The highest BCUT2D eigenvalue weighted by atomic mass is 19.1. The minimum atomic E-state index is -0.304. The van der Waals surface area contributed by atoms with Crippen LogP contribution in [-0.4, -0.2) is 19.3 Å². The molecule has 0 bridgehead atoms. The smallest absolute Gasteiger partial charge is 0.148 e. The maximum absolute atomic E-state index is 13.6. The van der Waals surface area contributed by atoms with Crippen LogP contribution in [0.15, 0.2) is 18.2 Å². The van der Waals surface area contributed by atoms with E-state index in [1.807, 2.05) is 0 Å². The zero-order chi connectivity index (χ0) is 12.6. The monoisotopic (exact) mass is 238 g/mol. The van der Waals surface area contributed by atoms with Gasteiger partial charge < -0.3 is 15.8 Å². The van der Waals surface area contributed by atoms with Crippen LogP contribution in [0.25, 0.3) is 0 Å². The number of nitrogens with two attached hydrogens (primary N) is 1. The molecule has 1 aliphatic rings. The van der Waals surface area contributed by atoms with Crippen LogP contribution in [0.2, 0.25) is 0 Å². The number of hydrogen-bond donors (Lipinski definition) is 2. The Hall–Kier alpha value is -1.29. The van der Waals surface area contributed by atoms with Gasteiger partial charge in [0, 0.05) is 24.3 Å². The van der Waals surface area contributed by atoms with Crippen molar-refractivity contribution < 1.29 is 9.13 Å². The second-order valence-electron chi connectivity index (χ2n) is 5.22. The van der Waals surface area contributed by atoms with Gasteiger partial charge in [0.15, 0.2) is 0 Å². The number of ether oxygens (including phenoxy) is 1. The summed E-state index contributed by atoms with van der Waals surface area (Å²) in [6.07, 6.45) is 1.13. The summed E-state index contributed by atoms with van der Waals surface area (Å²) in [7, 11) is 1.71. The lowest BCUT2D eigenvalue weighted by molar-refractivity contribution is -0.0795. The largest absolute Gasteiger partial charge is 0.399 e. The van der Waals surface area contributed by atoms with Crippen LogP contribution < -0.4 is 11.1 Å². The van der Waals surface area contributed by atoms with E-state index in [9.17, 15) is 4.39 Å². The maximum Gasteiger partial charge on any atom is 0.148 e. The summed E-state index contributed by atoms with van der Waals surface area (Å²) in [6.45, 7) is 4.25. The van der Waals surface area contributed by atoms with Crippen LogP contribution in [-0.2, 0) is 4.74 Å². The Balaban J connectivity index is 2.08. The van der Waals surface area contributed by atoms with Crippen molar-refractivity contribution in [2.45, 2.75) is 32.4 Å². The summed E-state index contributed by atoms with van der Waals surface area (Å²) in [6, 6.07) is 4.94. The van der Waals surface area contributed by atoms with Crippen molar-refractivity contribution in [3.05, 3.63) is 24.0 Å². The average Bonchev–Trinajstić information content (AvgIpc) is 2.26. The number of methoxy groups -OCH3 is 1. The van der Waals surface area contributed by atoms with E-state index in [0.29, 0.717) is 11.4 Å². The highest BCUT2D eigenvalue weighted by Crippen LogP contribution is 2.44. The Morgan fingerprint density at radius 2 is 2.18 bits per heavy atom. The van der Waals surface area contributed by atoms with E-state index in [1.54, 1.807) is 19.2 Å². The van der Waals surface area contributed by atoms with Crippen LogP contribution >= 0.6 is 0 Å². The van der Waals surface area contributed by atoms with Crippen molar-refractivity contribution in [2.24, 2.45) is 5.41 Å². The summed E-state index contributed by atoms with van der Waals surface area (Å²) in [5.41, 5.74) is 6.48. The normalized spacial score (nSPS) is 26.4. The molecule has 1 saturated carbocycles. The fourth-order valence-electron chi connectivity index (χ4n) is 2.37. The first-order chi connectivity index (χ1) is 7.95. The van der Waals surface area contributed by atoms with Gasteiger partial charge in [-0.1, -0.05) is 13.8 Å². The molecule has 3 nitrogen and oxygen atoms in total. The zero-order valence-electron chi connectivity index (χ0n) is 10.5. The van der Waals surface area contributed by atoms with Crippen molar-refractivity contribution in [1.29, 1.82) is 0 Å². The van der Waals surface area contributed by atoms with Crippen molar-refractivity contribution in [2.75, 3.05) is 18.2 Å². The second-order valence-corrected chi connectivity index (χ2v) is 5.22. The quantitative estimate of drug-likeness (QED) is 0.796. The van der Waals surface area contributed by atoms with Crippen LogP contribution in [0, 0.1) is 11.2 Å². The lowest BCUT2D eigenvalue weighted by Crippen LogP contribution is -2.57. The highest BCUT2D eigenvalue weighted by molar-refractivity contribution is 5.53. The molecule has 2 unspecified atom stereocenters. The van der Waals surface area contributed by atoms with Gasteiger partial charge in [-0.3, -0.25) is 0 Å². The maximum atomic E-state index is 13.6. The lowest BCUT2D eigenvalue weighted by Gasteiger charge is -2.51. The van der Waals surface area contributed by atoms with Gasteiger partial charge in [-0.15, -0.1) is 0 Å². The summed E-state index contributed by atoms with van der Waals surface area (Å²) in [5.74, 6) is -0.304. The first-order valence-corrected chi connectivity index (χ1v) is 5.79. The molecular formula is C13H19FN2O. The molecule has 2 atom stereocenters. The van der Waals surface area contributed by atoms with E-state index < -0.39 is 0 Å². The Morgan fingerprint density at radius 3 is 2.71 bits per heavy atom. The molecule has 0 amide bonds. The summed E-state index contributed by atoms with van der Waals surface area (Å²) in [5, 5.41) is 3.22. The molecule has 1 aromatic rings. The number of nitrogens with one attached hydrogen (secondary N) is 1. The highest BCUT2D eigenvalue weighted by Gasteiger charge is 2.48. The molecule has 0 aromatic heterocycles. The molecular weight excluding hydrogens is 219 g/mol. The van der Waals surface area contributed by atoms with Gasteiger partial charge in [0.2, 0.25) is 0 Å². The molecule has 0 spiro atoms. The van der Waals surface area contributed by atoms with Gasteiger partial charge in [-0.25, -0.2) is 4.39 Å². The SMILES string of the molecule is COC1CC(Nc2ccc(N)cc2F)C1(C)C. The van der Waals surface area contributed by atoms with Gasteiger partial charge in [0.25, 0.3) is 0 Å². The van der Waals surface area contributed by atoms with Gasteiger partial charge in [-0.05, 0) is 24.6 Å². The molecule has 1 aromatic carbocycles. The molecule has 0 heterocycles. The van der Waals surface area contributed by atoms with E-state index in [-0.39, 0.29) is 23.4 Å². The van der Waals surface area contributed by atoms with Crippen molar-refractivity contribution in [3.8, 4) is 0 Å². The standard InChI is InChI=1S/C13H19FN2O/c1-13(2)11(7-12(13)17-3)16-10-5-4-8(15)6-9(10)14/h4-6,11-12,16H,7,15H2,1-3H3. The molecule has 17 heavy (non-hydrogen) atoms. The van der Waals surface area contributed by atoms with Crippen molar-refractivity contribution in [3.63, 3.8) is 0 Å². The van der Waals surface area contributed by atoms with Crippen molar-refractivity contribution >= 4 is 11.4 Å². The van der Waals surface area contributed by atoms with E-state index in [2.05, 4.69) is 19.2 Å².